The van der Waals surface area contributed by atoms with Gasteiger partial charge in [0.25, 0.3) is 0 Å². The fourth-order valence-corrected chi connectivity index (χ4v) is 5.88. The Kier molecular flexibility index (Phi) is 5.83. The molecule has 0 N–H and O–H groups in total. The van der Waals surface area contributed by atoms with E-state index < -0.39 is 14.9 Å². The molecule has 0 spiro atoms. The van der Waals surface area contributed by atoms with Crippen LogP contribution in [0.3, 0.4) is 0 Å². The third kappa shape index (κ3) is 4.08. The topological polar surface area (TPSA) is 37.4 Å². The Balaban J connectivity index is 1.88. The quantitative estimate of drug-likeness (QED) is 0.683. The van der Waals surface area contributed by atoms with Crippen molar-refractivity contribution in [2.24, 2.45) is 5.41 Å². The predicted octanol–water partition coefficient (Wildman–Crippen LogP) is 4.66. The molecule has 0 radical (unpaired) electrons. The standard InChI is InChI=1S/C23H28ClNO2Si/c1-22(2,3)21(27)25-20(26)12-13-23(25,28-4)15-16-8-10-17(11-9-16)18-6-5-7-19(24)14-18/h5-11,14H,12-13,15,28H2,1-4H3/t23-/m1/s1. The van der Waals surface area contributed by atoms with Gasteiger partial charge in [-0.1, -0.05) is 75.3 Å². The van der Waals surface area contributed by atoms with Crippen molar-refractivity contribution < 1.29 is 9.59 Å². The average Bonchev–Trinajstić information content (AvgIpc) is 2.97. The molecule has 2 aromatic rings. The lowest BCUT2D eigenvalue weighted by Gasteiger charge is -2.39. The smallest absolute Gasteiger partial charge is 0.234 e. The van der Waals surface area contributed by atoms with Crippen LogP contribution in [0.15, 0.2) is 48.5 Å². The summed E-state index contributed by atoms with van der Waals surface area (Å²) in [6.45, 7) is 7.88. The van der Waals surface area contributed by atoms with Gasteiger partial charge in [-0.05, 0) is 41.7 Å². The molecule has 0 bridgehead atoms. The van der Waals surface area contributed by atoms with Gasteiger partial charge < -0.3 is 0 Å². The van der Waals surface area contributed by atoms with Crippen molar-refractivity contribution in [2.45, 2.75) is 51.7 Å². The van der Waals surface area contributed by atoms with Crippen molar-refractivity contribution in [3.63, 3.8) is 0 Å². The molecule has 1 atom stereocenters. The second-order valence-corrected chi connectivity index (χ2v) is 11.2. The minimum atomic E-state index is -0.639. The lowest BCUT2D eigenvalue weighted by atomic mass is 9.93. The van der Waals surface area contributed by atoms with Gasteiger partial charge in [0.15, 0.2) is 0 Å². The minimum absolute atomic E-state index is 0.00942. The average molecular weight is 414 g/mol. The SMILES string of the molecule is C[SiH2][C@@]1(Cc2ccc(-c3cccc(Cl)c3)cc2)CCC(=O)N1C(=O)C(C)(C)C. The molecule has 2 amide bonds. The number of halogens is 1. The summed E-state index contributed by atoms with van der Waals surface area (Å²) < 4.78 is 0. The molecule has 2 aromatic carbocycles. The number of amides is 2. The van der Waals surface area contributed by atoms with Gasteiger partial charge in [-0.25, -0.2) is 0 Å². The molecule has 0 saturated carbocycles. The van der Waals surface area contributed by atoms with E-state index in [4.69, 9.17) is 11.6 Å². The molecule has 1 saturated heterocycles. The van der Waals surface area contributed by atoms with Crippen LogP contribution in [0.25, 0.3) is 11.1 Å². The Hall–Kier alpha value is -1.91. The summed E-state index contributed by atoms with van der Waals surface area (Å²) >= 11 is 6.11. The van der Waals surface area contributed by atoms with E-state index >= 15 is 0 Å². The van der Waals surface area contributed by atoms with Crippen molar-refractivity contribution in [3.05, 3.63) is 59.1 Å². The normalized spacial score (nSPS) is 20.3. The molecule has 1 aliphatic rings. The van der Waals surface area contributed by atoms with Crippen LogP contribution in [0.2, 0.25) is 11.6 Å². The van der Waals surface area contributed by atoms with E-state index in [1.54, 1.807) is 4.90 Å². The maximum Gasteiger partial charge on any atom is 0.234 e. The Morgan fingerprint density at radius 1 is 1.14 bits per heavy atom. The van der Waals surface area contributed by atoms with Crippen LogP contribution in [-0.4, -0.2) is 31.4 Å². The number of carbonyl (C=O) groups excluding carboxylic acids is 2. The third-order valence-corrected chi connectivity index (χ3v) is 8.15. The van der Waals surface area contributed by atoms with E-state index in [1.807, 2.05) is 45.0 Å². The van der Waals surface area contributed by atoms with Crippen molar-refractivity contribution in [1.82, 2.24) is 4.90 Å². The summed E-state index contributed by atoms with van der Waals surface area (Å²) in [7, 11) is -0.639. The van der Waals surface area contributed by atoms with Gasteiger partial charge >= 0.3 is 0 Å². The van der Waals surface area contributed by atoms with Crippen molar-refractivity contribution in [2.75, 3.05) is 0 Å². The maximum atomic E-state index is 13.0. The number of carbonyl (C=O) groups is 2. The molecular weight excluding hydrogens is 386 g/mol. The molecule has 5 heteroatoms. The number of nitrogens with zero attached hydrogens (tertiary/aromatic N) is 1. The minimum Gasteiger partial charge on any atom is -0.279 e. The monoisotopic (exact) mass is 413 g/mol. The fraction of sp³-hybridized carbons (Fsp3) is 0.391. The second kappa shape index (κ2) is 7.84. The van der Waals surface area contributed by atoms with Crippen molar-refractivity contribution in [1.29, 1.82) is 0 Å². The molecular formula is C23H28ClNO2Si. The van der Waals surface area contributed by atoms with Crippen LogP contribution >= 0.6 is 11.6 Å². The number of likely N-dealkylation sites (tertiary alicyclic amines) is 1. The van der Waals surface area contributed by atoms with E-state index in [1.165, 1.54) is 5.56 Å². The van der Waals surface area contributed by atoms with E-state index in [9.17, 15) is 9.59 Å². The van der Waals surface area contributed by atoms with Crippen LogP contribution in [0.5, 0.6) is 0 Å². The largest absolute Gasteiger partial charge is 0.279 e. The zero-order valence-corrected chi connectivity index (χ0v) is 19.3. The van der Waals surface area contributed by atoms with Crippen LogP contribution in [0, 0.1) is 5.41 Å². The highest BCUT2D eigenvalue weighted by molar-refractivity contribution is 6.40. The number of rotatable bonds is 4. The number of hydrogen-bond donors (Lipinski definition) is 0. The lowest BCUT2D eigenvalue weighted by Crippen LogP contribution is -2.56. The number of hydrogen-bond acceptors (Lipinski definition) is 2. The van der Waals surface area contributed by atoms with Crippen LogP contribution in [-0.2, 0) is 16.0 Å². The Labute approximate surface area is 174 Å². The molecule has 1 fully saturated rings. The number of imide groups is 1. The summed E-state index contributed by atoms with van der Waals surface area (Å²) in [5, 5.41) is 0.428. The van der Waals surface area contributed by atoms with Gasteiger partial charge in [-0.15, -0.1) is 0 Å². The highest BCUT2D eigenvalue weighted by Gasteiger charge is 2.49. The fourth-order valence-electron chi connectivity index (χ4n) is 3.98. The molecule has 3 nitrogen and oxygen atoms in total. The Morgan fingerprint density at radius 2 is 1.82 bits per heavy atom. The molecule has 1 heterocycles. The van der Waals surface area contributed by atoms with E-state index in [0.29, 0.717) is 6.42 Å². The van der Waals surface area contributed by atoms with E-state index in [-0.39, 0.29) is 17.0 Å². The van der Waals surface area contributed by atoms with Crippen LogP contribution in [0.4, 0.5) is 0 Å². The summed E-state index contributed by atoms with van der Waals surface area (Å²) in [6, 6.07) is 16.2. The summed E-state index contributed by atoms with van der Waals surface area (Å²) in [4.78, 5) is 27.3. The summed E-state index contributed by atoms with van der Waals surface area (Å²) in [5.41, 5.74) is 2.81. The second-order valence-electron chi connectivity index (χ2n) is 8.75. The zero-order valence-electron chi connectivity index (χ0n) is 17.1. The van der Waals surface area contributed by atoms with Gasteiger partial charge in [0.2, 0.25) is 11.8 Å². The third-order valence-electron chi connectivity index (χ3n) is 5.68. The molecule has 1 aliphatic heterocycles. The number of benzene rings is 2. The zero-order chi connectivity index (χ0) is 20.5. The highest BCUT2D eigenvalue weighted by atomic mass is 35.5. The summed E-state index contributed by atoms with van der Waals surface area (Å²) in [6.07, 6.45) is 2.01. The molecule has 0 unspecified atom stereocenters. The van der Waals surface area contributed by atoms with E-state index in [2.05, 4.69) is 30.8 Å². The van der Waals surface area contributed by atoms with Gasteiger partial charge in [0, 0.05) is 31.5 Å². The Bertz CT molecular complexity index is 888. The van der Waals surface area contributed by atoms with Crippen molar-refractivity contribution >= 4 is 32.9 Å². The first-order chi connectivity index (χ1) is 13.2. The van der Waals surface area contributed by atoms with Crippen LogP contribution in [0.1, 0.15) is 39.2 Å². The molecule has 28 heavy (non-hydrogen) atoms. The first kappa shape index (κ1) is 20.8. The van der Waals surface area contributed by atoms with Gasteiger partial charge in [0.05, 0.1) is 0 Å². The van der Waals surface area contributed by atoms with Crippen LogP contribution < -0.4 is 0 Å². The molecule has 0 aromatic heterocycles. The summed E-state index contributed by atoms with van der Waals surface area (Å²) in [5.74, 6) is -0.0512. The van der Waals surface area contributed by atoms with Gasteiger partial charge in [-0.3, -0.25) is 14.5 Å². The van der Waals surface area contributed by atoms with Gasteiger partial charge in [-0.2, -0.15) is 0 Å². The first-order valence-electron chi connectivity index (χ1n) is 9.89. The first-order valence-corrected chi connectivity index (χ1v) is 12.4. The predicted molar refractivity (Wildman–Crippen MR) is 118 cm³/mol. The molecule has 0 aliphatic carbocycles. The van der Waals surface area contributed by atoms with E-state index in [0.717, 1.165) is 29.0 Å². The molecule has 3 rings (SSSR count). The van der Waals surface area contributed by atoms with Crippen molar-refractivity contribution in [3.8, 4) is 11.1 Å². The van der Waals surface area contributed by atoms with Gasteiger partial charge in [0.1, 0.15) is 0 Å². The maximum absolute atomic E-state index is 13.0. The molecule has 148 valence electrons. The lowest BCUT2D eigenvalue weighted by molar-refractivity contribution is -0.150. The highest BCUT2D eigenvalue weighted by Crippen LogP contribution is 2.36. The Morgan fingerprint density at radius 3 is 2.39 bits per heavy atom.